The maximum Gasteiger partial charge on any atom is 0.337 e. The summed E-state index contributed by atoms with van der Waals surface area (Å²) in [6, 6.07) is 15.9. The number of ether oxygens (including phenoxy) is 1. The standard InChI is InChI=1S/C19H23NO4/c1-14(12-15-8-10-16(11-9-15)18(21)24-2)20-13-19(22,23)17-6-4-3-5-7-17/h3-11,14,20,22-23H,12-13H2,1-2H3. The molecule has 0 saturated carbocycles. The molecule has 0 radical (unpaired) electrons. The Morgan fingerprint density at radius 3 is 2.33 bits per heavy atom. The van der Waals surface area contributed by atoms with Crippen LogP contribution in [0, 0.1) is 0 Å². The fourth-order valence-electron chi connectivity index (χ4n) is 2.44. The van der Waals surface area contributed by atoms with Crippen LogP contribution in [-0.2, 0) is 16.9 Å². The molecule has 0 aliphatic carbocycles. The minimum Gasteiger partial charge on any atom is -0.465 e. The lowest BCUT2D eigenvalue weighted by Crippen LogP contribution is -2.42. The molecule has 2 rings (SSSR count). The first kappa shape index (κ1) is 18.1. The molecular formula is C19H23NO4. The summed E-state index contributed by atoms with van der Waals surface area (Å²) >= 11 is 0. The van der Waals surface area contributed by atoms with Crippen molar-refractivity contribution in [2.75, 3.05) is 13.7 Å². The molecule has 24 heavy (non-hydrogen) atoms. The van der Waals surface area contributed by atoms with Gasteiger partial charge in [0.2, 0.25) is 5.79 Å². The Bertz CT molecular complexity index is 653. The topological polar surface area (TPSA) is 78.8 Å². The zero-order valence-corrected chi connectivity index (χ0v) is 13.9. The Kier molecular flexibility index (Phi) is 6.09. The maximum absolute atomic E-state index is 11.4. The summed E-state index contributed by atoms with van der Waals surface area (Å²) < 4.78 is 4.67. The Labute approximate surface area is 141 Å². The lowest BCUT2D eigenvalue weighted by molar-refractivity contribution is -0.166. The quantitative estimate of drug-likeness (QED) is 0.533. The number of benzene rings is 2. The molecule has 1 unspecified atom stereocenters. The third kappa shape index (κ3) is 4.89. The van der Waals surface area contributed by atoms with E-state index in [9.17, 15) is 15.0 Å². The lowest BCUT2D eigenvalue weighted by atomic mass is 10.0. The van der Waals surface area contributed by atoms with Crippen molar-refractivity contribution in [1.29, 1.82) is 0 Å². The largest absolute Gasteiger partial charge is 0.465 e. The summed E-state index contributed by atoms with van der Waals surface area (Å²) in [5, 5.41) is 23.5. The van der Waals surface area contributed by atoms with Crippen LogP contribution in [0.5, 0.6) is 0 Å². The zero-order chi connectivity index (χ0) is 17.6. The number of carbonyl (C=O) groups is 1. The van der Waals surface area contributed by atoms with Crippen molar-refractivity contribution in [3.05, 3.63) is 71.3 Å². The third-order valence-electron chi connectivity index (χ3n) is 3.85. The first-order valence-electron chi connectivity index (χ1n) is 7.83. The third-order valence-corrected chi connectivity index (χ3v) is 3.85. The number of rotatable bonds is 7. The molecule has 0 aromatic heterocycles. The Balaban J connectivity index is 1.89. The van der Waals surface area contributed by atoms with E-state index in [0.717, 1.165) is 5.56 Å². The minimum absolute atomic E-state index is 0.0262. The number of hydrogen-bond donors (Lipinski definition) is 3. The van der Waals surface area contributed by atoms with Crippen molar-refractivity contribution in [2.45, 2.75) is 25.2 Å². The molecular weight excluding hydrogens is 306 g/mol. The summed E-state index contributed by atoms with van der Waals surface area (Å²) in [6.45, 7) is 1.99. The number of esters is 1. The number of methoxy groups -OCH3 is 1. The summed E-state index contributed by atoms with van der Waals surface area (Å²) in [7, 11) is 1.35. The molecule has 128 valence electrons. The van der Waals surface area contributed by atoms with Crippen molar-refractivity contribution in [1.82, 2.24) is 5.32 Å². The molecule has 5 nitrogen and oxygen atoms in total. The van der Waals surface area contributed by atoms with E-state index in [0.29, 0.717) is 17.5 Å². The van der Waals surface area contributed by atoms with Gasteiger partial charge in [0.15, 0.2) is 0 Å². The fraction of sp³-hybridized carbons (Fsp3) is 0.316. The number of hydrogen-bond acceptors (Lipinski definition) is 5. The maximum atomic E-state index is 11.4. The summed E-state index contributed by atoms with van der Waals surface area (Å²) in [5.41, 5.74) is 2.01. The Hall–Kier alpha value is -2.21. The van der Waals surface area contributed by atoms with Crippen LogP contribution < -0.4 is 5.32 Å². The predicted octanol–water partition coefficient (Wildman–Crippen LogP) is 1.83. The van der Waals surface area contributed by atoms with Gasteiger partial charge in [-0.3, -0.25) is 0 Å². The lowest BCUT2D eigenvalue weighted by Gasteiger charge is -2.25. The van der Waals surface area contributed by atoms with E-state index >= 15 is 0 Å². The second kappa shape index (κ2) is 8.06. The van der Waals surface area contributed by atoms with Gasteiger partial charge >= 0.3 is 5.97 Å². The SMILES string of the molecule is COC(=O)c1ccc(CC(C)NCC(O)(O)c2ccccc2)cc1. The molecule has 0 fully saturated rings. The van der Waals surface area contributed by atoms with E-state index in [4.69, 9.17) is 0 Å². The molecule has 0 aliphatic rings. The van der Waals surface area contributed by atoms with Gasteiger partial charge < -0.3 is 20.3 Å². The monoisotopic (exact) mass is 329 g/mol. The highest BCUT2D eigenvalue weighted by Gasteiger charge is 2.25. The van der Waals surface area contributed by atoms with Crippen LogP contribution in [0.2, 0.25) is 0 Å². The molecule has 0 aliphatic heterocycles. The van der Waals surface area contributed by atoms with Crippen LogP contribution in [0.25, 0.3) is 0 Å². The highest BCUT2D eigenvalue weighted by Crippen LogP contribution is 2.17. The van der Waals surface area contributed by atoms with Crippen LogP contribution >= 0.6 is 0 Å². The predicted molar refractivity (Wildman–Crippen MR) is 91.5 cm³/mol. The van der Waals surface area contributed by atoms with Gasteiger partial charge in [-0.15, -0.1) is 0 Å². The summed E-state index contributed by atoms with van der Waals surface area (Å²) in [4.78, 5) is 11.4. The van der Waals surface area contributed by atoms with Gasteiger partial charge in [0.25, 0.3) is 0 Å². The first-order valence-corrected chi connectivity index (χ1v) is 7.83. The van der Waals surface area contributed by atoms with Crippen LogP contribution in [0.1, 0.15) is 28.4 Å². The van der Waals surface area contributed by atoms with Crippen molar-refractivity contribution < 1.29 is 19.7 Å². The second-order valence-corrected chi connectivity index (χ2v) is 5.86. The van der Waals surface area contributed by atoms with Gasteiger partial charge in [-0.05, 0) is 31.0 Å². The Morgan fingerprint density at radius 2 is 1.75 bits per heavy atom. The highest BCUT2D eigenvalue weighted by atomic mass is 16.5. The van der Waals surface area contributed by atoms with E-state index in [1.165, 1.54) is 7.11 Å². The van der Waals surface area contributed by atoms with Gasteiger partial charge in [-0.1, -0.05) is 42.5 Å². The number of nitrogens with one attached hydrogen (secondary N) is 1. The first-order chi connectivity index (χ1) is 11.4. The second-order valence-electron chi connectivity index (χ2n) is 5.86. The molecule has 0 spiro atoms. The number of carbonyl (C=O) groups excluding carboxylic acids is 1. The van der Waals surface area contributed by atoms with Crippen LogP contribution in [0.15, 0.2) is 54.6 Å². The zero-order valence-electron chi connectivity index (χ0n) is 13.9. The minimum atomic E-state index is -1.91. The molecule has 3 N–H and O–H groups in total. The molecule has 0 saturated heterocycles. The van der Waals surface area contributed by atoms with Crippen molar-refractivity contribution >= 4 is 5.97 Å². The van der Waals surface area contributed by atoms with Crippen molar-refractivity contribution in [2.24, 2.45) is 0 Å². The van der Waals surface area contributed by atoms with Crippen LogP contribution in [0.4, 0.5) is 0 Å². The van der Waals surface area contributed by atoms with E-state index < -0.39 is 5.79 Å². The molecule has 2 aromatic rings. The summed E-state index contributed by atoms with van der Waals surface area (Å²) in [5.74, 6) is -2.27. The van der Waals surface area contributed by atoms with Gasteiger partial charge in [0.05, 0.1) is 19.2 Å². The van der Waals surface area contributed by atoms with Gasteiger partial charge in [-0.25, -0.2) is 4.79 Å². The van der Waals surface area contributed by atoms with Crippen molar-refractivity contribution in [3.8, 4) is 0 Å². The van der Waals surface area contributed by atoms with Gasteiger partial charge in [-0.2, -0.15) is 0 Å². The smallest absolute Gasteiger partial charge is 0.337 e. The van der Waals surface area contributed by atoms with Gasteiger partial charge in [0.1, 0.15) is 0 Å². The normalized spacial score (nSPS) is 12.7. The van der Waals surface area contributed by atoms with Crippen LogP contribution in [-0.4, -0.2) is 35.9 Å². The molecule has 1 atom stereocenters. The van der Waals surface area contributed by atoms with Gasteiger partial charge in [0, 0.05) is 11.6 Å². The molecule has 0 bridgehead atoms. The average Bonchev–Trinajstić information content (AvgIpc) is 2.61. The van der Waals surface area contributed by atoms with Crippen LogP contribution in [0.3, 0.4) is 0 Å². The molecule has 0 heterocycles. The number of aliphatic hydroxyl groups is 2. The van der Waals surface area contributed by atoms with E-state index in [2.05, 4.69) is 10.1 Å². The van der Waals surface area contributed by atoms with E-state index in [1.807, 2.05) is 25.1 Å². The molecule has 0 amide bonds. The highest BCUT2D eigenvalue weighted by molar-refractivity contribution is 5.89. The van der Waals surface area contributed by atoms with E-state index in [-0.39, 0.29) is 18.6 Å². The van der Waals surface area contributed by atoms with Crippen molar-refractivity contribution in [3.63, 3.8) is 0 Å². The average molecular weight is 329 g/mol. The van der Waals surface area contributed by atoms with E-state index in [1.54, 1.807) is 36.4 Å². The summed E-state index contributed by atoms with van der Waals surface area (Å²) in [6.07, 6.45) is 0.701. The molecule has 5 heteroatoms. The fourth-order valence-corrected chi connectivity index (χ4v) is 2.44. The Morgan fingerprint density at radius 1 is 1.12 bits per heavy atom. The molecule has 2 aromatic carbocycles.